The molecule has 3 rings (SSSR count). The van der Waals surface area contributed by atoms with Gasteiger partial charge in [-0.1, -0.05) is 36.4 Å². The zero-order chi connectivity index (χ0) is 17.7. The molecule has 0 aliphatic carbocycles. The molecule has 0 aromatic heterocycles. The van der Waals surface area contributed by atoms with Crippen LogP contribution in [0.2, 0.25) is 0 Å². The molecule has 0 atom stereocenters. The Hall–Kier alpha value is -3.08. The van der Waals surface area contributed by atoms with Crippen LogP contribution in [0.3, 0.4) is 0 Å². The van der Waals surface area contributed by atoms with Gasteiger partial charge in [-0.25, -0.2) is 8.42 Å². The Balaban J connectivity index is 0.00000243. The minimum atomic E-state index is -3.88. The first kappa shape index (κ1) is 19.2. The highest BCUT2D eigenvalue weighted by atomic mass is 35.5. The van der Waals surface area contributed by atoms with Crippen LogP contribution in [-0.2, 0) is 10.0 Å². The number of diazo groups is 1. The molecule has 0 saturated heterocycles. The molecule has 3 aromatic carbocycles. The maximum Gasteiger partial charge on any atom is 0.386 e. The van der Waals surface area contributed by atoms with Crippen molar-refractivity contribution >= 4 is 32.8 Å². The Kier molecular flexibility index (Phi) is 6.17. The molecule has 0 aliphatic rings. The van der Waals surface area contributed by atoms with Crippen molar-refractivity contribution in [2.45, 2.75) is 4.90 Å². The fourth-order valence-electron chi connectivity index (χ4n) is 2.29. The third-order valence-electron chi connectivity index (χ3n) is 3.45. The lowest BCUT2D eigenvalue weighted by Crippen LogP contribution is -3.00. The number of hydrogen-bond acceptors (Lipinski definition) is 4. The smallest absolute Gasteiger partial charge is 0.386 e. The first-order valence-corrected chi connectivity index (χ1v) is 8.96. The average molecular weight is 387 g/mol. The lowest BCUT2D eigenvalue weighted by Gasteiger charge is -2.13. The van der Waals surface area contributed by atoms with Crippen LogP contribution in [0.15, 0.2) is 83.8 Å². The number of rotatable bonds is 5. The molecule has 0 bridgehead atoms. The summed E-state index contributed by atoms with van der Waals surface area (Å²) in [5.41, 5.74) is 1.71. The van der Waals surface area contributed by atoms with Crippen molar-refractivity contribution in [3.63, 3.8) is 0 Å². The number of sulfonamides is 1. The number of hydrogen-bond donors (Lipinski definition) is 2. The van der Waals surface area contributed by atoms with E-state index in [0.717, 1.165) is 5.69 Å². The number of nitrogens with one attached hydrogen (secondary N) is 2. The second-order valence-electron chi connectivity index (χ2n) is 5.24. The molecule has 8 heteroatoms. The van der Waals surface area contributed by atoms with E-state index in [1.165, 1.54) is 12.1 Å². The molecule has 6 nitrogen and oxygen atoms in total. The van der Waals surface area contributed by atoms with E-state index >= 15 is 0 Å². The standard InChI is InChI=1S/C18H15N4O2S.ClH/c19-21-16-11-12-17(20-14-7-3-1-4-8-14)18(13-16)25(23,24)22-15-9-5-2-6-10-15;/h1-13,20,22H;1H/q+1;/p-1. The average Bonchev–Trinajstić information content (AvgIpc) is 2.63. The maximum absolute atomic E-state index is 12.8. The lowest BCUT2D eigenvalue weighted by atomic mass is 10.2. The summed E-state index contributed by atoms with van der Waals surface area (Å²) in [6.45, 7) is 0. The molecular formula is C18H15ClN4O2S. The van der Waals surface area contributed by atoms with Gasteiger partial charge in [0.2, 0.25) is 5.39 Å². The monoisotopic (exact) mass is 386 g/mol. The van der Waals surface area contributed by atoms with E-state index in [1.807, 2.05) is 30.3 Å². The Morgan fingerprint density at radius 1 is 0.808 bits per heavy atom. The lowest BCUT2D eigenvalue weighted by molar-refractivity contribution is -0.00000758. The Bertz CT molecular complexity index is 1020. The van der Waals surface area contributed by atoms with Crippen LogP contribution in [0, 0.1) is 5.39 Å². The Morgan fingerprint density at radius 3 is 1.96 bits per heavy atom. The molecule has 0 unspecified atom stereocenters. The minimum Gasteiger partial charge on any atom is -1.00 e. The van der Waals surface area contributed by atoms with E-state index in [9.17, 15) is 8.42 Å². The third-order valence-corrected chi connectivity index (χ3v) is 4.87. The summed E-state index contributed by atoms with van der Waals surface area (Å²) < 4.78 is 28.1. The van der Waals surface area contributed by atoms with Crippen LogP contribution >= 0.6 is 0 Å². The number of anilines is 3. The van der Waals surface area contributed by atoms with Gasteiger partial charge in [-0.2, -0.15) is 0 Å². The largest absolute Gasteiger partial charge is 1.00 e. The molecule has 0 heterocycles. The minimum absolute atomic E-state index is 0. The molecule has 0 fully saturated rings. The van der Waals surface area contributed by atoms with Gasteiger partial charge < -0.3 is 17.7 Å². The quantitative estimate of drug-likeness (QED) is 0.654. The van der Waals surface area contributed by atoms with E-state index in [1.54, 1.807) is 36.4 Å². The SMILES string of the molecule is N#[N+]c1ccc(Nc2ccccc2)c(S(=O)(=O)Nc2ccccc2)c1.[Cl-]. The van der Waals surface area contributed by atoms with Gasteiger partial charge in [-0.15, -0.1) is 0 Å². The molecular weight excluding hydrogens is 372 g/mol. The Labute approximate surface area is 158 Å². The van der Waals surface area contributed by atoms with Gasteiger partial charge in [0.05, 0.1) is 11.8 Å². The molecule has 132 valence electrons. The fourth-order valence-corrected chi connectivity index (χ4v) is 3.53. The van der Waals surface area contributed by atoms with E-state index < -0.39 is 10.0 Å². The second kappa shape index (κ2) is 8.34. The summed E-state index contributed by atoms with van der Waals surface area (Å²) >= 11 is 0. The normalized spacial score (nSPS) is 10.3. The van der Waals surface area contributed by atoms with Gasteiger partial charge >= 0.3 is 5.69 Å². The molecule has 0 aliphatic heterocycles. The highest BCUT2D eigenvalue weighted by Crippen LogP contribution is 2.30. The molecule has 0 amide bonds. The molecule has 0 saturated carbocycles. The first-order valence-electron chi connectivity index (χ1n) is 7.47. The van der Waals surface area contributed by atoms with Crippen LogP contribution in [0.1, 0.15) is 0 Å². The fraction of sp³-hybridized carbons (Fsp3) is 0. The number of nitrogens with zero attached hydrogens (tertiary/aromatic N) is 2. The van der Waals surface area contributed by atoms with Gasteiger partial charge in [0.25, 0.3) is 10.0 Å². The summed E-state index contributed by atoms with van der Waals surface area (Å²) in [7, 11) is -3.88. The molecule has 26 heavy (non-hydrogen) atoms. The predicted octanol–water partition coefficient (Wildman–Crippen LogP) is 1.72. The summed E-state index contributed by atoms with van der Waals surface area (Å²) in [5, 5.41) is 12.1. The molecule has 0 spiro atoms. The van der Waals surface area contributed by atoms with Crippen LogP contribution in [0.25, 0.3) is 4.98 Å². The number of para-hydroxylation sites is 2. The summed E-state index contributed by atoms with van der Waals surface area (Å²) in [4.78, 5) is 3.06. The highest BCUT2D eigenvalue weighted by molar-refractivity contribution is 7.92. The first-order chi connectivity index (χ1) is 12.1. The van der Waals surface area contributed by atoms with E-state index in [2.05, 4.69) is 15.0 Å². The zero-order valence-electron chi connectivity index (χ0n) is 13.5. The molecule has 2 N–H and O–H groups in total. The van der Waals surface area contributed by atoms with Crippen molar-refractivity contribution in [3.8, 4) is 0 Å². The van der Waals surface area contributed by atoms with Gasteiger partial charge in [0.1, 0.15) is 4.90 Å². The van der Waals surface area contributed by atoms with Crippen molar-refractivity contribution in [1.82, 2.24) is 0 Å². The summed E-state index contributed by atoms with van der Waals surface area (Å²) in [6.07, 6.45) is 0. The van der Waals surface area contributed by atoms with Crippen LogP contribution in [-0.4, -0.2) is 8.42 Å². The van der Waals surface area contributed by atoms with Crippen LogP contribution in [0.5, 0.6) is 0 Å². The van der Waals surface area contributed by atoms with Crippen molar-refractivity contribution in [1.29, 1.82) is 5.39 Å². The van der Waals surface area contributed by atoms with Crippen molar-refractivity contribution in [3.05, 3.63) is 83.8 Å². The number of benzene rings is 3. The van der Waals surface area contributed by atoms with Gasteiger partial charge in [-0.05, 0) is 30.3 Å². The summed E-state index contributed by atoms with van der Waals surface area (Å²) in [6, 6.07) is 22.2. The van der Waals surface area contributed by atoms with Crippen molar-refractivity contribution in [2.75, 3.05) is 10.0 Å². The van der Waals surface area contributed by atoms with Gasteiger partial charge in [0.15, 0.2) is 4.98 Å². The van der Waals surface area contributed by atoms with Crippen LogP contribution < -0.4 is 22.4 Å². The third kappa shape index (κ3) is 4.51. The van der Waals surface area contributed by atoms with E-state index in [0.29, 0.717) is 11.4 Å². The van der Waals surface area contributed by atoms with Gasteiger partial charge in [0, 0.05) is 17.4 Å². The van der Waals surface area contributed by atoms with Crippen molar-refractivity contribution < 1.29 is 20.8 Å². The van der Waals surface area contributed by atoms with E-state index in [4.69, 9.17) is 5.39 Å². The van der Waals surface area contributed by atoms with Crippen LogP contribution in [0.4, 0.5) is 22.7 Å². The van der Waals surface area contributed by atoms with Crippen molar-refractivity contribution in [2.24, 2.45) is 0 Å². The van der Waals surface area contributed by atoms with Gasteiger partial charge in [-0.3, -0.25) is 4.72 Å². The molecule has 3 aromatic rings. The zero-order valence-corrected chi connectivity index (χ0v) is 15.1. The highest BCUT2D eigenvalue weighted by Gasteiger charge is 2.23. The predicted molar refractivity (Wildman–Crippen MR) is 98.2 cm³/mol. The second-order valence-corrected chi connectivity index (χ2v) is 6.89. The maximum atomic E-state index is 12.8. The summed E-state index contributed by atoms with van der Waals surface area (Å²) in [5.74, 6) is 0. The topological polar surface area (TPSA) is 86.3 Å². The number of halogens is 1. The van der Waals surface area contributed by atoms with E-state index in [-0.39, 0.29) is 23.0 Å². The Morgan fingerprint density at radius 2 is 1.38 bits per heavy atom. The molecule has 0 radical (unpaired) electrons.